The molecule has 0 aliphatic heterocycles. The Hall–Kier alpha value is -2.94. The number of halogens is 1. The Balaban J connectivity index is 1.47. The third-order valence-corrected chi connectivity index (χ3v) is 6.17. The molecule has 4 rings (SSSR count). The highest BCUT2D eigenvalue weighted by Gasteiger charge is 2.18. The molecule has 0 saturated carbocycles. The average molecular weight is 456 g/mol. The lowest BCUT2D eigenvalue weighted by Crippen LogP contribution is -2.14. The maximum Gasteiger partial charge on any atom is 0.0793 e. The van der Waals surface area contributed by atoms with Crippen LogP contribution in [0.3, 0.4) is 0 Å². The van der Waals surface area contributed by atoms with Gasteiger partial charge in [-0.15, -0.1) is 0 Å². The maximum atomic E-state index is 10.9. The third-order valence-electron chi connectivity index (χ3n) is 5.93. The van der Waals surface area contributed by atoms with E-state index >= 15 is 0 Å². The molecule has 0 fully saturated rings. The molecule has 2 nitrogen and oxygen atoms in total. The summed E-state index contributed by atoms with van der Waals surface area (Å²) >= 11 is 6.10. The average Bonchev–Trinajstić information content (AvgIpc) is 2.80. The van der Waals surface area contributed by atoms with Gasteiger partial charge in [0.05, 0.1) is 17.3 Å². The van der Waals surface area contributed by atoms with E-state index in [9.17, 15) is 5.11 Å². The summed E-state index contributed by atoms with van der Waals surface area (Å²) in [5, 5.41) is 12.6. The van der Waals surface area contributed by atoms with Gasteiger partial charge in [0.2, 0.25) is 0 Å². The quantitative estimate of drug-likeness (QED) is 0.319. The molecular weight excluding hydrogens is 426 g/mol. The standard InChI is InChI=1S/C30H30ClNO/c1-30(2,3)27-10-5-4-8-22(27)14-18-29(33)24-9-6-7-21(19-24)11-16-26-17-13-23-12-15-25(31)20-28(23)32-26/h4-13,15-17,19-20,29,33H,14,18H2,1-3H3. The van der Waals surface area contributed by atoms with E-state index in [4.69, 9.17) is 11.6 Å². The molecule has 3 heteroatoms. The molecule has 0 bridgehead atoms. The number of pyridine rings is 1. The molecule has 0 spiro atoms. The second-order valence-electron chi connectivity index (χ2n) is 9.54. The molecule has 1 heterocycles. The second-order valence-corrected chi connectivity index (χ2v) is 9.97. The molecule has 0 radical (unpaired) electrons. The van der Waals surface area contributed by atoms with Crippen LogP contribution in [0.1, 0.15) is 61.2 Å². The van der Waals surface area contributed by atoms with Crippen molar-refractivity contribution >= 4 is 34.7 Å². The number of nitrogens with zero attached hydrogens (tertiary/aromatic N) is 1. The van der Waals surface area contributed by atoms with Crippen molar-refractivity contribution in [3.63, 3.8) is 0 Å². The number of fused-ring (bicyclic) bond motifs is 1. The first-order chi connectivity index (χ1) is 15.8. The number of hydrogen-bond donors (Lipinski definition) is 1. The van der Waals surface area contributed by atoms with Gasteiger partial charge in [0.25, 0.3) is 0 Å². The zero-order valence-corrected chi connectivity index (χ0v) is 20.2. The van der Waals surface area contributed by atoms with Crippen LogP contribution in [0.25, 0.3) is 23.1 Å². The van der Waals surface area contributed by atoms with E-state index in [1.54, 1.807) is 0 Å². The van der Waals surface area contributed by atoms with Crippen LogP contribution in [0.15, 0.2) is 78.9 Å². The van der Waals surface area contributed by atoms with Crippen molar-refractivity contribution in [1.82, 2.24) is 4.98 Å². The molecule has 1 aromatic heterocycles. The number of hydrogen-bond acceptors (Lipinski definition) is 2. The van der Waals surface area contributed by atoms with Crippen LogP contribution in [0, 0.1) is 0 Å². The van der Waals surface area contributed by atoms with Gasteiger partial charge < -0.3 is 5.11 Å². The minimum absolute atomic E-state index is 0.0917. The van der Waals surface area contributed by atoms with Gasteiger partial charge in [-0.25, -0.2) is 4.98 Å². The van der Waals surface area contributed by atoms with E-state index in [-0.39, 0.29) is 5.41 Å². The number of aromatic nitrogens is 1. The summed E-state index contributed by atoms with van der Waals surface area (Å²) in [4.78, 5) is 4.68. The van der Waals surface area contributed by atoms with Crippen LogP contribution in [-0.4, -0.2) is 10.1 Å². The van der Waals surface area contributed by atoms with Crippen LogP contribution in [0.4, 0.5) is 0 Å². The van der Waals surface area contributed by atoms with Crippen LogP contribution in [0.2, 0.25) is 5.02 Å². The van der Waals surface area contributed by atoms with Crippen LogP contribution in [0.5, 0.6) is 0 Å². The number of aliphatic hydroxyl groups is 1. The van der Waals surface area contributed by atoms with Gasteiger partial charge >= 0.3 is 0 Å². The van der Waals surface area contributed by atoms with E-state index in [0.717, 1.165) is 34.1 Å². The summed E-state index contributed by atoms with van der Waals surface area (Å²) in [6.45, 7) is 6.70. The smallest absolute Gasteiger partial charge is 0.0793 e. The molecular formula is C30H30ClNO. The lowest BCUT2D eigenvalue weighted by Gasteiger charge is -2.23. The van der Waals surface area contributed by atoms with Crippen molar-refractivity contribution in [3.8, 4) is 0 Å². The lowest BCUT2D eigenvalue weighted by atomic mass is 9.82. The first-order valence-electron chi connectivity index (χ1n) is 11.4. The Morgan fingerprint density at radius 3 is 2.52 bits per heavy atom. The second kappa shape index (κ2) is 9.91. The molecule has 0 saturated heterocycles. The maximum absolute atomic E-state index is 10.9. The molecule has 0 amide bonds. The Labute approximate surface area is 201 Å². The largest absolute Gasteiger partial charge is 0.388 e. The normalized spacial score (nSPS) is 13.0. The van der Waals surface area contributed by atoms with Gasteiger partial charge in [0.1, 0.15) is 0 Å². The summed E-state index contributed by atoms with van der Waals surface area (Å²) < 4.78 is 0. The SMILES string of the molecule is CC(C)(C)c1ccccc1CCC(O)c1cccc(C=Cc2ccc3ccc(Cl)cc3n2)c1. The Bertz CT molecular complexity index is 1290. The fraction of sp³-hybridized carbons (Fsp3) is 0.233. The molecule has 1 atom stereocenters. The number of aliphatic hydroxyl groups excluding tert-OH is 1. The van der Waals surface area contributed by atoms with Crippen molar-refractivity contribution < 1.29 is 5.11 Å². The number of aryl methyl sites for hydroxylation is 1. The minimum atomic E-state index is -0.507. The van der Waals surface area contributed by atoms with E-state index in [2.05, 4.69) is 56.1 Å². The first-order valence-corrected chi connectivity index (χ1v) is 11.8. The van der Waals surface area contributed by atoms with Crippen LogP contribution < -0.4 is 0 Å². The van der Waals surface area contributed by atoms with E-state index < -0.39 is 6.10 Å². The molecule has 4 aromatic rings. The van der Waals surface area contributed by atoms with Crippen molar-refractivity contribution in [2.75, 3.05) is 0 Å². The third kappa shape index (κ3) is 5.90. The first kappa shape index (κ1) is 23.2. The van der Waals surface area contributed by atoms with Gasteiger partial charge in [0.15, 0.2) is 0 Å². The monoisotopic (exact) mass is 455 g/mol. The van der Waals surface area contributed by atoms with Crippen molar-refractivity contribution in [1.29, 1.82) is 0 Å². The molecule has 0 aliphatic rings. The number of rotatable bonds is 6. The van der Waals surface area contributed by atoms with Gasteiger partial charge in [-0.3, -0.25) is 0 Å². The Morgan fingerprint density at radius 1 is 0.909 bits per heavy atom. The molecule has 0 aliphatic carbocycles. The summed E-state index contributed by atoms with van der Waals surface area (Å²) in [5.41, 5.74) is 6.46. The van der Waals surface area contributed by atoms with Gasteiger partial charge in [-0.2, -0.15) is 0 Å². The van der Waals surface area contributed by atoms with Gasteiger partial charge in [0, 0.05) is 10.4 Å². The van der Waals surface area contributed by atoms with Crippen LogP contribution >= 0.6 is 11.6 Å². The summed E-state index contributed by atoms with van der Waals surface area (Å²) in [6, 6.07) is 26.4. The van der Waals surface area contributed by atoms with E-state index in [1.807, 2.05) is 60.7 Å². The number of benzene rings is 3. The highest BCUT2D eigenvalue weighted by Crippen LogP contribution is 2.28. The van der Waals surface area contributed by atoms with Crippen LogP contribution in [-0.2, 0) is 11.8 Å². The summed E-state index contributed by atoms with van der Waals surface area (Å²) in [7, 11) is 0. The van der Waals surface area contributed by atoms with Gasteiger partial charge in [-0.1, -0.05) is 93.0 Å². The van der Waals surface area contributed by atoms with Crippen molar-refractivity contribution in [3.05, 3.63) is 112 Å². The zero-order valence-electron chi connectivity index (χ0n) is 19.4. The molecule has 1 unspecified atom stereocenters. The van der Waals surface area contributed by atoms with Gasteiger partial charge in [-0.05, 0) is 70.9 Å². The zero-order chi connectivity index (χ0) is 23.4. The summed E-state index contributed by atoms with van der Waals surface area (Å²) in [5.74, 6) is 0. The minimum Gasteiger partial charge on any atom is -0.388 e. The van der Waals surface area contributed by atoms with Crippen molar-refractivity contribution in [2.45, 2.75) is 45.1 Å². The predicted octanol–water partition coefficient (Wildman–Crippen LogP) is 8.02. The Morgan fingerprint density at radius 2 is 1.70 bits per heavy atom. The topological polar surface area (TPSA) is 33.1 Å². The molecule has 1 N–H and O–H groups in total. The molecule has 168 valence electrons. The molecule has 3 aromatic carbocycles. The highest BCUT2D eigenvalue weighted by molar-refractivity contribution is 6.31. The highest BCUT2D eigenvalue weighted by atomic mass is 35.5. The molecule has 33 heavy (non-hydrogen) atoms. The Kier molecular flexibility index (Phi) is 6.97. The van der Waals surface area contributed by atoms with E-state index in [0.29, 0.717) is 11.4 Å². The van der Waals surface area contributed by atoms with Crippen molar-refractivity contribution in [2.24, 2.45) is 0 Å². The lowest BCUT2D eigenvalue weighted by molar-refractivity contribution is 0.167. The fourth-order valence-corrected chi connectivity index (χ4v) is 4.35. The fourth-order valence-electron chi connectivity index (χ4n) is 4.18. The predicted molar refractivity (Wildman–Crippen MR) is 141 cm³/mol. The summed E-state index contributed by atoms with van der Waals surface area (Å²) in [6.07, 6.45) is 5.05. The van der Waals surface area contributed by atoms with E-state index in [1.165, 1.54) is 11.1 Å².